The number of hydrogen-bond acceptors (Lipinski definition) is 0. The summed E-state index contributed by atoms with van der Waals surface area (Å²) < 4.78 is 6.75. The van der Waals surface area contributed by atoms with Crippen molar-refractivity contribution < 1.29 is 58.3 Å². The molecule has 4 N–H and O–H groups in total. The van der Waals surface area contributed by atoms with Gasteiger partial charge in [-0.05, 0) is 36.4 Å². The Labute approximate surface area is 157 Å². The molecule has 0 amide bonds. The third-order valence-corrected chi connectivity index (χ3v) is 3.31. The van der Waals surface area contributed by atoms with Gasteiger partial charge in [-0.3, -0.25) is 13.4 Å². The Balaban J connectivity index is 0. The zero-order valence-corrected chi connectivity index (χ0v) is 15.6. The predicted molar refractivity (Wildman–Crippen MR) is 80.5 cm³/mol. The quantitative estimate of drug-likeness (QED) is 0.360. The average molecular weight is 445 g/mol. The van der Waals surface area contributed by atoms with E-state index in [1.165, 1.54) is 0 Å². The van der Waals surface area contributed by atoms with Crippen LogP contribution >= 0.6 is 0 Å². The summed E-state index contributed by atoms with van der Waals surface area (Å²) in [6, 6.07) is 18.5. The van der Waals surface area contributed by atoms with Crippen LogP contribution in [0.25, 0.3) is 0 Å². The Bertz CT molecular complexity index is 555. The maximum atomic E-state index is 2.25. The second kappa shape index (κ2) is 11.9. The first-order valence-electron chi connectivity index (χ1n) is 6.50. The first-order valence-corrected chi connectivity index (χ1v) is 6.50. The van der Waals surface area contributed by atoms with Crippen LogP contribution in [0.15, 0.2) is 91.8 Å². The summed E-state index contributed by atoms with van der Waals surface area (Å²) in [5, 5.41) is 0. The first-order chi connectivity index (χ1) is 9.45. The molecule has 0 fully saturated rings. The Kier molecular flexibility index (Phi) is 12.2. The van der Waals surface area contributed by atoms with Gasteiger partial charge in [-0.1, -0.05) is 18.2 Å². The standard InChI is InChI=1S/C15H16BN3.2BrH.2H2O/c1-4-10-17(11-5-1)16(18-12-6-2-7-13-18)19-14-8-3-9-15-19;;;;/h1-16H;2*1H;2*1H2/q+2;;;;/p-2. The van der Waals surface area contributed by atoms with Crippen LogP contribution in [0.3, 0.4) is 0 Å². The maximum absolute atomic E-state index is 2.25. The van der Waals surface area contributed by atoms with Crippen molar-refractivity contribution in [3.63, 3.8) is 0 Å². The Hall–Kier alpha value is -1.61. The van der Waals surface area contributed by atoms with Crippen molar-refractivity contribution in [2.24, 2.45) is 0 Å². The molecular formula is C15H20BBr2N3O2. The van der Waals surface area contributed by atoms with Gasteiger partial charge in [-0.2, -0.15) is 0 Å². The van der Waals surface area contributed by atoms with Crippen molar-refractivity contribution in [3.05, 3.63) is 91.8 Å². The van der Waals surface area contributed by atoms with E-state index in [0.717, 1.165) is 0 Å². The lowest BCUT2D eigenvalue weighted by Gasteiger charge is -2.09. The molecule has 3 heterocycles. The molecule has 124 valence electrons. The fraction of sp³-hybridized carbons (Fsp3) is 0. The van der Waals surface area contributed by atoms with Crippen molar-refractivity contribution in [1.82, 2.24) is 0 Å². The van der Waals surface area contributed by atoms with Gasteiger partial charge in [0.1, 0.15) is 37.2 Å². The summed E-state index contributed by atoms with van der Waals surface area (Å²) >= 11 is 0. The van der Waals surface area contributed by atoms with Crippen molar-refractivity contribution in [2.75, 3.05) is 0 Å². The third-order valence-electron chi connectivity index (χ3n) is 3.31. The van der Waals surface area contributed by atoms with Crippen LogP contribution in [-0.2, 0) is 0 Å². The molecule has 23 heavy (non-hydrogen) atoms. The average Bonchev–Trinajstić information content (AvgIpc) is 2.51. The minimum atomic E-state index is -0.912. The highest BCUT2D eigenvalue weighted by atomic mass is 79.9. The molecule has 0 unspecified atom stereocenters. The molecule has 0 aliphatic rings. The first kappa shape index (κ1) is 23.7. The largest absolute Gasteiger partial charge is 1.00 e. The lowest BCUT2D eigenvalue weighted by molar-refractivity contribution is -0.793. The topological polar surface area (TPSA) is 74.6 Å². The lowest BCUT2D eigenvalue weighted by atomic mass is 9.90. The van der Waals surface area contributed by atoms with E-state index in [-0.39, 0.29) is 44.9 Å². The molecule has 3 aromatic rings. The van der Waals surface area contributed by atoms with Crippen molar-refractivity contribution in [1.29, 1.82) is 0 Å². The van der Waals surface area contributed by atoms with Crippen LogP contribution in [0.1, 0.15) is 0 Å². The molecule has 0 saturated carbocycles. The minimum absolute atomic E-state index is 0. The maximum Gasteiger partial charge on any atom is 0.801 e. The predicted octanol–water partition coefficient (Wildman–Crippen LogP) is -7.43. The normalized spacial score (nSPS) is 8.74. The van der Waals surface area contributed by atoms with E-state index in [1.54, 1.807) is 0 Å². The van der Waals surface area contributed by atoms with Gasteiger partial charge in [0.05, 0.1) is 0 Å². The highest BCUT2D eigenvalue weighted by Gasteiger charge is 2.36. The van der Waals surface area contributed by atoms with Crippen LogP contribution in [-0.4, -0.2) is 18.1 Å². The Morgan fingerprint density at radius 2 is 0.609 bits per heavy atom. The third kappa shape index (κ3) is 5.83. The van der Waals surface area contributed by atoms with Crippen LogP contribution in [0, 0.1) is 0 Å². The molecule has 5 nitrogen and oxygen atoms in total. The van der Waals surface area contributed by atoms with Gasteiger partial charge < -0.3 is 44.9 Å². The molecular weight excluding hydrogens is 425 g/mol. The van der Waals surface area contributed by atoms with Crippen LogP contribution in [0.2, 0.25) is 0 Å². The summed E-state index contributed by atoms with van der Waals surface area (Å²) in [6.45, 7) is 0. The summed E-state index contributed by atoms with van der Waals surface area (Å²) in [7, 11) is -0.912. The van der Waals surface area contributed by atoms with Gasteiger partial charge in [-0.25, -0.2) is 0 Å². The van der Waals surface area contributed by atoms with E-state index >= 15 is 0 Å². The second-order valence-electron chi connectivity index (χ2n) is 4.59. The van der Waals surface area contributed by atoms with Gasteiger partial charge in [0.2, 0.25) is 0 Å². The van der Waals surface area contributed by atoms with Gasteiger partial charge >= 0.3 is 7.12 Å². The van der Waals surface area contributed by atoms with Gasteiger partial charge in [0.25, 0.3) is 0 Å². The van der Waals surface area contributed by atoms with Crippen molar-refractivity contribution >= 4 is 7.12 Å². The van der Waals surface area contributed by atoms with Crippen LogP contribution in [0.5, 0.6) is 0 Å². The summed E-state index contributed by atoms with van der Waals surface area (Å²) in [5.74, 6) is 0. The molecule has 3 rings (SSSR count). The summed E-state index contributed by atoms with van der Waals surface area (Å²) in [6.07, 6.45) is 12.7. The van der Waals surface area contributed by atoms with E-state index < -0.39 is 7.12 Å². The number of rotatable bonds is 3. The van der Waals surface area contributed by atoms with Crippen LogP contribution in [0.4, 0.5) is 0 Å². The Morgan fingerprint density at radius 3 is 0.826 bits per heavy atom. The SMILES string of the molecule is O.O.[Br-].[Br-].c1cc[n+]([BH-]([n+]2ccccc2)[n+]2ccccc2)cc1. The fourth-order valence-corrected chi connectivity index (χ4v) is 2.43. The zero-order valence-electron chi connectivity index (χ0n) is 12.5. The highest BCUT2D eigenvalue weighted by molar-refractivity contribution is 6.28. The highest BCUT2D eigenvalue weighted by Crippen LogP contribution is 1.82. The van der Waals surface area contributed by atoms with Gasteiger partial charge in [0.15, 0.2) is 0 Å². The van der Waals surface area contributed by atoms with E-state index in [1.807, 2.05) is 18.2 Å². The van der Waals surface area contributed by atoms with E-state index in [0.29, 0.717) is 0 Å². The number of hydrogen-bond donors (Lipinski definition) is 0. The second-order valence-corrected chi connectivity index (χ2v) is 4.59. The number of aromatic nitrogens is 3. The number of halogens is 2. The number of nitrogens with zero attached hydrogens (tertiary/aromatic N) is 3. The Morgan fingerprint density at radius 1 is 0.391 bits per heavy atom. The van der Waals surface area contributed by atoms with E-state index in [9.17, 15) is 0 Å². The molecule has 0 aliphatic heterocycles. The molecule has 0 atom stereocenters. The minimum Gasteiger partial charge on any atom is -1.00 e. The van der Waals surface area contributed by atoms with Crippen molar-refractivity contribution in [2.45, 2.75) is 0 Å². The van der Waals surface area contributed by atoms with E-state index in [2.05, 4.69) is 87.0 Å². The van der Waals surface area contributed by atoms with E-state index in [4.69, 9.17) is 0 Å². The summed E-state index contributed by atoms with van der Waals surface area (Å²) in [5.41, 5.74) is 0. The smallest absolute Gasteiger partial charge is 0.801 e. The van der Waals surface area contributed by atoms with Crippen molar-refractivity contribution in [3.8, 4) is 0 Å². The lowest BCUT2D eigenvalue weighted by Crippen LogP contribution is -3.00. The van der Waals surface area contributed by atoms with Gasteiger partial charge in [-0.15, -0.1) is 0 Å². The number of pyridine rings is 3. The van der Waals surface area contributed by atoms with Crippen LogP contribution < -0.4 is 47.4 Å². The zero-order chi connectivity index (χ0) is 12.9. The molecule has 0 saturated heterocycles. The molecule has 0 bridgehead atoms. The molecule has 0 radical (unpaired) electrons. The summed E-state index contributed by atoms with van der Waals surface area (Å²) in [4.78, 5) is 0. The molecule has 0 aliphatic carbocycles. The monoisotopic (exact) mass is 443 g/mol. The molecule has 8 heteroatoms. The van der Waals surface area contributed by atoms with Gasteiger partial charge in [0, 0.05) is 0 Å². The molecule has 0 aromatic carbocycles. The fourth-order valence-electron chi connectivity index (χ4n) is 2.43. The molecule has 3 aromatic heterocycles. The molecule has 0 spiro atoms.